The molecule has 2 aromatic carbocycles. The molecule has 1 aliphatic heterocycles. The third kappa shape index (κ3) is 4.06. The van der Waals surface area contributed by atoms with Crippen LogP contribution >= 0.6 is 11.3 Å². The molecule has 9 heteroatoms. The third-order valence-corrected chi connectivity index (χ3v) is 7.68. The van der Waals surface area contributed by atoms with Gasteiger partial charge < -0.3 is 15.1 Å². The van der Waals surface area contributed by atoms with Crippen LogP contribution in [0, 0.1) is 0 Å². The van der Waals surface area contributed by atoms with Crippen LogP contribution in [0.4, 0.5) is 17.3 Å². The van der Waals surface area contributed by atoms with Crippen molar-refractivity contribution in [2.75, 3.05) is 43.4 Å². The Bertz CT molecular complexity index is 1570. The Labute approximate surface area is 212 Å². The van der Waals surface area contributed by atoms with Crippen molar-refractivity contribution in [3.63, 3.8) is 0 Å². The molecule has 0 spiro atoms. The predicted octanol–water partition coefficient (Wildman–Crippen LogP) is 4.48. The second-order valence-electron chi connectivity index (χ2n) is 9.00. The number of aromatic nitrogens is 4. The molecule has 0 aliphatic carbocycles. The minimum absolute atomic E-state index is 0.134. The van der Waals surface area contributed by atoms with Crippen molar-refractivity contribution in [1.82, 2.24) is 24.2 Å². The van der Waals surface area contributed by atoms with E-state index in [1.54, 1.807) is 28.3 Å². The predicted molar refractivity (Wildman–Crippen MR) is 148 cm³/mol. The molecule has 0 amide bonds. The number of rotatable bonds is 6. The second kappa shape index (κ2) is 9.25. The van der Waals surface area contributed by atoms with Crippen LogP contribution in [0.1, 0.15) is 0 Å². The summed E-state index contributed by atoms with van der Waals surface area (Å²) < 4.78 is 4.69. The smallest absolute Gasteiger partial charge is 0.278 e. The number of hydrogen-bond acceptors (Lipinski definition) is 7. The number of hydrogen-bond donors (Lipinski definition) is 1. The minimum atomic E-state index is -0.134. The molecule has 1 aliphatic rings. The fourth-order valence-corrected chi connectivity index (χ4v) is 5.70. The van der Waals surface area contributed by atoms with E-state index in [0.717, 1.165) is 47.0 Å². The second-order valence-corrected chi connectivity index (χ2v) is 10.1. The average Bonchev–Trinajstić information content (AvgIpc) is 3.44. The molecule has 1 saturated heterocycles. The van der Waals surface area contributed by atoms with Crippen molar-refractivity contribution in [2.45, 2.75) is 6.54 Å². The van der Waals surface area contributed by atoms with Crippen LogP contribution in [0.5, 0.6) is 0 Å². The molecule has 182 valence electrons. The van der Waals surface area contributed by atoms with Gasteiger partial charge in [0.05, 0.1) is 6.54 Å². The lowest BCUT2D eigenvalue weighted by molar-refractivity contribution is 0.313. The Morgan fingerprint density at radius 1 is 1.08 bits per heavy atom. The van der Waals surface area contributed by atoms with Crippen LogP contribution in [0.2, 0.25) is 0 Å². The monoisotopic (exact) mass is 497 g/mol. The number of allylic oxidation sites excluding steroid dienone is 1. The van der Waals surface area contributed by atoms with Crippen LogP contribution in [-0.4, -0.2) is 57.5 Å². The van der Waals surface area contributed by atoms with Gasteiger partial charge in [-0.1, -0.05) is 24.3 Å². The van der Waals surface area contributed by atoms with Gasteiger partial charge in [-0.2, -0.15) is 4.98 Å². The SMILES string of the molecule is C=CCn1c(=O)c2cnc(Nc3ccc(N4CCN(C)CC4)cc3)nc2n1-c1cc2ccccc2s1. The third-order valence-electron chi connectivity index (χ3n) is 6.59. The van der Waals surface area contributed by atoms with Gasteiger partial charge in [-0.05, 0) is 48.8 Å². The highest BCUT2D eigenvalue weighted by molar-refractivity contribution is 7.21. The van der Waals surface area contributed by atoms with Crippen LogP contribution in [0.3, 0.4) is 0 Å². The molecule has 0 saturated carbocycles. The van der Waals surface area contributed by atoms with Crippen molar-refractivity contribution in [3.05, 3.63) is 83.8 Å². The van der Waals surface area contributed by atoms with Gasteiger partial charge in [0.15, 0.2) is 5.65 Å². The van der Waals surface area contributed by atoms with Crippen molar-refractivity contribution in [3.8, 4) is 5.00 Å². The van der Waals surface area contributed by atoms with E-state index >= 15 is 0 Å². The van der Waals surface area contributed by atoms with E-state index in [4.69, 9.17) is 4.98 Å². The number of fused-ring (bicyclic) bond motifs is 2. The molecule has 0 radical (unpaired) electrons. The summed E-state index contributed by atoms with van der Waals surface area (Å²) in [5.41, 5.74) is 2.55. The normalized spacial score (nSPS) is 14.5. The molecular formula is C27H27N7OS. The zero-order valence-electron chi connectivity index (χ0n) is 20.1. The minimum Gasteiger partial charge on any atom is -0.369 e. The van der Waals surface area contributed by atoms with Gasteiger partial charge in [0, 0.05) is 48.5 Å². The number of benzene rings is 2. The molecule has 3 aromatic heterocycles. The van der Waals surface area contributed by atoms with Crippen molar-refractivity contribution in [1.29, 1.82) is 0 Å². The van der Waals surface area contributed by atoms with E-state index in [2.05, 4.69) is 64.1 Å². The number of likely N-dealkylation sites (N-methyl/N-ethyl adjacent to an activating group) is 1. The molecular weight excluding hydrogens is 470 g/mol. The van der Waals surface area contributed by atoms with E-state index < -0.39 is 0 Å². The summed E-state index contributed by atoms with van der Waals surface area (Å²) in [7, 11) is 2.16. The molecule has 8 nitrogen and oxygen atoms in total. The first-order chi connectivity index (χ1) is 17.6. The fraction of sp³-hybridized carbons (Fsp3) is 0.222. The summed E-state index contributed by atoms with van der Waals surface area (Å²) >= 11 is 1.62. The number of piperazine rings is 1. The standard InChI is InChI=1S/C27H27N7OS/c1-3-12-33-26(35)22-18-28-27(29-20-8-10-21(11-9-20)32-15-13-31(2)14-16-32)30-25(22)34(33)24-17-19-6-4-5-7-23(19)36-24/h3-11,17-18H,1,12-16H2,2H3,(H,28,29,30). The fourth-order valence-electron chi connectivity index (χ4n) is 4.62. The molecule has 5 aromatic rings. The summed E-state index contributed by atoms with van der Waals surface area (Å²) in [6, 6.07) is 18.6. The van der Waals surface area contributed by atoms with E-state index in [1.165, 1.54) is 5.69 Å². The van der Waals surface area contributed by atoms with Crippen molar-refractivity contribution < 1.29 is 0 Å². The molecule has 36 heavy (non-hydrogen) atoms. The first-order valence-electron chi connectivity index (χ1n) is 12.0. The lowest BCUT2D eigenvalue weighted by Crippen LogP contribution is -2.44. The first-order valence-corrected chi connectivity index (χ1v) is 12.8. The lowest BCUT2D eigenvalue weighted by atomic mass is 10.2. The Balaban J connectivity index is 1.35. The van der Waals surface area contributed by atoms with Gasteiger partial charge in [-0.25, -0.2) is 14.3 Å². The summed E-state index contributed by atoms with van der Waals surface area (Å²) in [5.74, 6) is 0.445. The summed E-state index contributed by atoms with van der Waals surface area (Å²) in [6.45, 7) is 8.41. The number of nitrogens with one attached hydrogen (secondary N) is 1. The maximum Gasteiger partial charge on any atom is 0.278 e. The van der Waals surface area contributed by atoms with Gasteiger partial charge in [-0.3, -0.25) is 4.79 Å². The quantitative estimate of drug-likeness (QED) is 0.349. The topological polar surface area (TPSA) is 71.2 Å². The maximum atomic E-state index is 13.2. The molecule has 0 atom stereocenters. The van der Waals surface area contributed by atoms with Crippen LogP contribution in [0.25, 0.3) is 26.1 Å². The Kier molecular flexibility index (Phi) is 5.79. The molecule has 4 heterocycles. The highest BCUT2D eigenvalue weighted by atomic mass is 32.1. The number of thiophene rings is 1. The molecule has 0 bridgehead atoms. The van der Waals surface area contributed by atoms with Gasteiger partial charge >= 0.3 is 0 Å². The van der Waals surface area contributed by atoms with Gasteiger partial charge in [-0.15, -0.1) is 17.9 Å². The highest BCUT2D eigenvalue weighted by Gasteiger charge is 2.19. The largest absolute Gasteiger partial charge is 0.369 e. The number of nitrogens with zero attached hydrogens (tertiary/aromatic N) is 6. The van der Waals surface area contributed by atoms with Crippen LogP contribution in [0.15, 0.2) is 78.2 Å². The molecule has 0 unspecified atom stereocenters. The lowest BCUT2D eigenvalue weighted by Gasteiger charge is -2.34. The van der Waals surface area contributed by atoms with E-state index in [0.29, 0.717) is 23.5 Å². The summed E-state index contributed by atoms with van der Waals surface area (Å²) in [6.07, 6.45) is 3.33. The van der Waals surface area contributed by atoms with E-state index in [-0.39, 0.29) is 5.56 Å². The zero-order valence-corrected chi connectivity index (χ0v) is 20.9. The van der Waals surface area contributed by atoms with E-state index in [9.17, 15) is 4.79 Å². The Hall–Kier alpha value is -3.95. The summed E-state index contributed by atoms with van der Waals surface area (Å²) in [5, 5.41) is 5.84. The first kappa shape index (κ1) is 22.5. The van der Waals surface area contributed by atoms with Crippen LogP contribution in [-0.2, 0) is 6.54 Å². The Morgan fingerprint density at radius 2 is 1.86 bits per heavy atom. The van der Waals surface area contributed by atoms with Crippen molar-refractivity contribution in [2.24, 2.45) is 0 Å². The molecule has 1 N–H and O–H groups in total. The van der Waals surface area contributed by atoms with Gasteiger partial charge in [0.25, 0.3) is 5.56 Å². The van der Waals surface area contributed by atoms with Crippen LogP contribution < -0.4 is 15.8 Å². The molecule has 6 rings (SSSR count). The number of anilines is 3. The summed E-state index contributed by atoms with van der Waals surface area (Å²) in [4.78, 5) is 27.2. The van der Waals surface area contributed by atoms with Crippen molar-refractivity contribution >= 4 is 49.8 Å². The van der Waals surface area contributed by atoms with E-state index in [1.807, 2.05) is 28.9 Å². The average molecular weight is 498 g/mol. The zero-order chi connectivity index (χ0) is 24.6. The molecule has 1 fully saturated rings. The highest BCUT2D eigenvalue weighted by Crippen LogP contribution is 2.30. The Morgan fingerprint density at radius 3 is 2.61 bits per heavy atom. The van der Waals surface area contributed by atoms with Gasteiger partial charge in [0.2, 0.25) is 5.95 Å². The maximum absolute atomic E-state index is 13.2. The van der Waals surface area contributed by atoms with Gasteiger partial charge in [0.1, 0.15) is 10.4 Å².